The zero-order chi connectivity index (χ0) is 14.5. The molecule has 1 aliphatic carbocycles. The van der Waals surface area contributed by atoms with Crippen molar-refractivity contribution in [3.05, 3.63) is 11.9 Å². The van der Waals surface area contributed by atoms with E-state index in [4.69, 9.17) is 5.84 Å². The van der Waals surface area contributed by atoms with Crippen LogP contribution < -0.4 is 16.6 Å². The molecule has 0 aromatic carbocycles. The van der Waals surface area contributed by atoms with Crippen LogP contribution >= 0.6 is 0 Å². The standard InChI is InChI=1S/C15H27N5/c1-4-5-13-18-14(9-15(19-13)20-16)17-12-7-6-10(2)8-11(12)3/h9-12H,4-8,16H2,1-3H3,(H2,17,18,19,20). The Balaban J connectivity index is 2.09. The fourth-order valence-corrected chi connectivity index (χ4v) is 3.05. The number of aromatic nitrogens is 2. The number of hydrogen-bond donors (Lipinski definition) is 3. The first-order valence-electron chi connectivity index (χ1n) is 7.73. The highest BCUT2D eigenvalue weighted by molar-refractivity contribution is 5.47. The Bertz CT molecular complexity index is 434. The summed E-state index contributed by atoms with van der Waals surface area (Å²) in [6, 6.07) is 2.39. The van der Waals surface area contributed by atoms with Gasteiger partial charge in [-0.1, -0.05) is 20.8 Å². The zero-order valence-electron chi connectivity index (χ0n) is 12.8. The number of nitrogen functional groups attached to an aromatic ring is 1. The molecule has 5 heteroatoms. The maximum absolute atomic E-state index is 5.49. The second kappa shape index (κ2) is 6.88. The van der Waals surface area contributed by atoms with E-state index in [0.717, 1.165) is 30.4 Å². The Kier molecular flexibility index (Phi) is 5.17. The highest BCUT2D eigenvalue weighted by Crippen LogP contribution is 2.30. The van der Waals surface area contributed by atoms with Crippen LogP contribution in [0.2, 0.25) is 0 Å². The molecule has 1 fully saturated rings. The first-order chi connectivity index (χ1) is 9.62. The molecule has 3 atom stereocenters. The normalized spacial score (nSPS) is 26.3. The highest BCUT2D eigenvalue weighted by atomic mass is 15.3. The summed E-state index contributed by atoms with van der Waals surface area (Å²) in [5.74, 6) is 9.43. The maximum Gasteiger partial charge on any atom is 0.145 e. The van der Waals surface area contributed by atoms with E-state index < -0.39 is 0 Å². The summed E-state index contributed by atoms with van der Waals surface area (Å²) in [6.07, 6.45) is 5.69. The van der Waals surface area contributed by atoms with E-state index in [-0.39, 0.29) is 0 Å². The van der Waals surface area contributed by atoms with Crippen LogP contribution in [0.5, 0.6) is 0 Å². The first-order valence-corrected chi connectivity index (χ1v) is 7.73. The van der Waals surface area contributed by atoms with Crippen molar-refractivity contribution >= 4 is 11.6 Å². The van der Waals surface area contributed by atoms with Gasteiger partial charge in [-0.2, -0.15) is 0 Å². The summed E-state index contributed by atoms with van der Waals surface area (Å²) in [5.41, 5.74) is 2.63. The number of hydrogen-bond acceptors (Lipinski definition) is 5. The monoisotopic (exact) mass is 277 g/mol. The van der Waals surface area contributed by atoms with E-state index in [1.165, 1.54) is 19.3 Å². The molecule has 1 aromatic heterocycles. The van der Waals surface area contributed by atoms with Crippen LogP contribution in [0.25, 0.3) is 0 Å². The molecule has 4 N–H and O–H groups in total. The van der Waals surface area contributed by atoms with Gasteiger partial charge in [0, 0.05) is 18.5 Å². The van der Waals surface area contributed by atoms with Gasteiger partial charge < -0.3 is 10.7 Å². The van der Waals surface area contributed by atoms with Crippen molar-refractivity contribution in [3.8, 4) is 0 Å². The molecule has 0 spiro atoms. The second-order valence-electron chi connectivity index (χ2n) is 6.10. The van der Waals surface area contributed by atoms with Crippen molar-refractivity contribution in [1.29, 1.82) is 0 Å². The molecule has 2 rings (SSSR count). The van der Waals surface area contributed by atoms with Crippen LogP contribution in [0.3, 0.4) is 0 Å². The lowest BCUT2D eigenvalue weighted by molar-refractivity contribution is 0.276. The van der Waals surface area contributed by atoms with E-state index in [2.05, 4.69) is 41.5 Å². The van der Waals surface area contributed by atoms with E-state index in [1.54, 1.807) is 0 Å². The number of nitrogens with zero attached hydrogens (tertiary/aromatic N) is 2. The maximum atomic E-state index is 5.49. The molecule has 1 aliphatic rings. The van der Waals surface area contributed by atoms with Gasteiger partial charge in [0.2, 0.25) is 0 Å². The summed E-state index contributed by atoms with van der Waals surface area (Å²) in [4.78, 5) is 8.98. The van der Waals surface area contributed by atoms with Gasteiger partial charge in [-0.3, -0.25) is 0 Å². The molecule has 1 saturated carbocycles. The zero-order valence-corrected chi connectivity index (χ0v) is 12.8. The van der Waals surface area contributed by atoms with E-state index in [9.17, 15) is 0 Å². The lowest BCUT2D eigenvalue weighted by atomic mass is 9.80. The average Bonchev–Trinajstić information content (AvgIpc) is 2.42. The molecule has 112 valence electrons. The molecule has 5 nitrogen and oxygen atoms in total. The highest BCUT2D eigenvalue weighted by Gasteiger charge is 2.25. The minimum atomic E-state index is 0.501. The van der Waals surface area contributed by atoms with Gasteiger partial charge in [-0.15, -0.1) is 0 Å². The van der Waals surface area contributed by atoms with Gasteiger partial charge in [0.05, 0.1) is 0 Å². The lowest BCUT2D eigenvalue weighted by Crippen LogP contribution is -2.33. The van der Waals surface area contributed by atoms with Gasteiger partial charge in [0.1, 0.15) is 17.5 Å². The summed E-state index contributed by atoms with van der Waals surface area (Å²) in [5, 5.41) is 3.58. The SMILES string of the molecule is CCCc1nc(NN)cc(NC2CCC(C)CC2C)n1. The Hall–Kier alpha value is -1.36. The quantitative estimate of drug-likeness (QED) is 0.570. The Labute approximate surface area is 121 Å². The van der Waals surface area contributed by atoms with Crippen molar-refractivity contribution in [2.45, 2.75) is 58.9 Å². The first kappa shape index (κ1) is 15.0. The van der Waals surface area contributed by atoms with Gasteiger partial charge in [-0.05, 0) is 37.5 Å². The van der Waals surface area contributed by atoms with Crippen molar-refractivity contribution in [3.63, 3.8) is 0 Å². The molecule has 0 saturated heterocycles. The lowest BCUT2D eigenvalue weighted by Gasteiger charge is -2.33. The smallest absolute Gasteiger partial charge is 0.145 e. The summed E-state index contributed by atoms with van der Waals surface area (Å²) in [7, 11) is 0. The molecule has 0 amide bonds. The summed E-state index contributed by atoms with van der Waals surface area (Å²) in [6.45, 7) is 6.79. The summed E-state index contributed by atoms with van der Waals surface area (Å²) < 4.78 is 0. The van der Waals surface area contributed by atoms with Crippen LogP contribution in [0.1, 0.15) is 52.3 Å². The predicted octanol–water partition coefficient (Wildman–Crippen LogP) is 2.95. The van der Waals surface area contributed by atoms with E-state index in [1.807, 2.05) is 6.07 Å². The van der Waals surface area contributed by atoms with Crippen molar-refractivity contribution in [1.82, 2.24) is 9.97 Å². The van der Waals surface area contributed by atoms with Crippen LogP contribution in [0, 0.1) is 11.8 Å². The number of nitrogens with one attached hydrogen (secondary N) is 2. The predicted molar refractivity (Wildman–Crippen MR) is 83.4 cm³/mol. The molecule has 0 radical (unpaired) electrons. The van der Waals surface area contributed by atoms with Gasteiger partial charge >= 0.3 is 0 Å². The third-order valence-electron chi connectivity index (χ3n) is 4.16. The van der Waals surface area contributed by atoms with Crippen LogP contribution in [-0.2, 0) is 6.42 Å². The topological polar surface area (TPSA) is 75.9 Å². The number of nitrogens with two attached hydrogens (primary N) is 1. The van der Waals surface area contributed by atoms with Gasteiger partial charge in [0.15, 0.2) is 0 Å². The fraction of sp³-hybridized carbons (Fsp3) is 0.733. The van der Waals surface area contributed by atoms with Crippen LogP contribution in [-0.4, -0.2) is 16.0 Å². The van der Waals surface area contributed by atoms with Crippen molar-refractivity contribution in [2.24, 2.45) is 17.7 Å². The third-order valence-corrected chi connectivity index (χ3v) is 4.16. The molecular weight excluding hydrogens is 250 g/mol. The van der Waals surface area contributed by atoms with Gasteiger partial charge in [0.25, 0.3) is 0 Å². The number of hydrazine groups is 1. The average molecular weight is 277 g/mol. The Morgan fingerprint density at radius 2 is 2.00 bits per heavy atom. The van der Waals surface area contributed by atoms with E-state index in [0.29, 0.717) is 17.8 Å². The fourth-order valence-electron chi connectivity index (χ4n) is 3.05. The number of anilines is 2. The van der Waals surface area contributed by atoms with Crippen molar-refractivity contribution in [2.75, 3.05) is 10.7 Å². The molecule has 3 unspecified atom stereocenters. The minimum Gasteiger partial charge on any atom is -0.367 e. The van der Waals surface area contributed by atoms with Crippen LogP contribution in [0.15, 0.2) is 6.07 Å². The second-order valence-corrected chi connectivity index (χ2v) is 6.10. The largest absolute Gasteiger partial charge is 0.367 e. The molecule has 20 heavy (non-hydrogen) atoms. The molecule has 0 aliphatic heterocycles. The number of aryl methyl sites for hydroxylation is 1. The molecule has 1 aromatic rings. The van der Waals surface area contributed by atoms with Crippen LogP contribution in [0.4, 0.5) is 11.6 Å². The molecular formula is C15H27N5. The Morgan fingerprint density at radius 3 is 2.65 bits per heavy atom. The Morgan fingerprint density at radius 1 is 1.25 bits per heavy atom. The third kappa shape index (κ3) is 3.82. The number of rotatable bonds is 5. The molecule has 0 bridgehead atoms. The summed E-state index contributed by atoms with van der Waals surface area (Å²) >= 11 is 0. The van der Waals surface area contributed by atoms with E-state index >= 15 is 0 Å². The van der Waals surface area contributed by atoms with Crippen molar-refractivity contribution < 1.29 is 0 Å². The van der Waals surface area contributed by atoms with Gasteiger partial charge in [-0.25, -0.2) is 15.8 Å². The minimum absolute atomic E-state index is 0.501. The molecule has 1 heterocycles.